The summed E-state index contributed by atoms with van der Waals surface area (Å²) in [6.07, 6.45) is 0. The SMILES string of the molecule is COC(=O)c1cc(CN(C)C(=O)NCc2cc(Br)ccc2OC)oc1C. The van der Waals surface area contributed by atoms with Crippen LogP contribution in [0.25, 0.3) is 0 Å². The van der Waals surface area contributed by atoms with Crippen molar-refractivity contribution in [3.05, 3.63) is 51.4 Å². The summed E-state index contributed by atoms with van der Waals surface area (Å²) in [5, 5.41) is 2.83. The number of nitrogens with one attached hydrogen (secondary N) is 1. The van der Waals surface area contributed by atoms with Crippen molar-refractivity contribution in [2.75, 3.05) is 21.3 Å². The third kappa shape index (κ3) is 4.78. The Kier molecular flexibility index (Phi) is 6.68. The Hall–Kier alpha value is -2.48. The zero-order valence-corrected chi connectivity index (χ0v) is 16.7. The van der Waals surface area contributed by atoms with E-state index in [1.54, 1.807) is 27.1 Å². The zero-order chi connectivity index (χ0) is 19.3. The molecule has 1 aromatic heterocycles. The Bertz CT molecular complexity index is 803. The molecule has 140 valence electrons. The number of benzene rings is 1. The second-order valence-electron chi connectivity index (χ2n) is 5.65. The van der Waals surface area contributed by atoms with Crippen LogP contribution in [0.5, 0.6) is 5.75 Å². The molecule has 1 heterocycles. The van der Waals surface area contributed by atoms with Gasteiger partial charge in [0.1, 0.15) is 22.8 Å². The smallest absolute Gasteiger partial charge is 0.341 e. The number of hydrogen-bond acceptors (Lipinski definition) is 5. The molecule has 1 aromatic carbocycles. The van der Waals surface area contributed by atoms with Crippen LogP contribution in [-0.4, -0.2) is 38.2 Å². The molecule has 0 bridgehead atoms. The van der Waals surface area contributed by atoms with Gasteiger partial charge in [-0.2, -0.15) is 0 Å². The maximum atomic E-state index is 12.3. The van der Waals surface area contributed by atoms with Crippen LogP contribution in [0.4, 0.5) is 4.79 Å². The highest BCUT2D eigenvalue weighted by molar-refractivity contribution is 9.10. The van der Waals surface area contributed by atoms with Gasteiger partial charge in [0, 0.05) is 23.6 Å². The number of nitrogens with zero attached hydrogens (tertiary/aromatic N) is 1. The largest absolute Gasteiger partial charge is 0.496 e. The molecule has 2 rings (SSSR count). The molecule has 0 saturated carbocycles. The number of ether oxygens (including phenoxy) is 2. The van der Waals surface area contributed by atoms with Gasteiger partial charge in [-0.15, -0.1) is 0 Å². The number of carbonyl (C=O) groups is 2. The van der Waals surface area contributed by atoms with Gasteiger partial charge >= 0.3 is 12.0 Å². The molecular formula is C18H21BrN2O5. The number of rotatable bonds is 6. The minimum Gasteiger partial charge on any atom is -0.496 e. The van der Waals surface area contributed by atoms with Crippen molar-refractivity contribution in [1.29, 1.82) is 0 Å². The third-order valence-electron chi connectivity index (χ3n) is 3.79. The lowest BCUT2D eigenvalue weighted by atomic mass is 10.2. The van der Waals surface area contributed by atoms with Crippen molar-refractivity contribution in [2.24, 2.45) is 0 Å². The minimum absolute atomic E-state index is 0.222. The van der Waals surface area contributed by atoms with Gasteiger partial charge < -0.3 is 24.1 Å². The van der Waals surface area contributed by atoms with Gasteiger partial charge in [-0.25, -0.2) is 9.59 Å². The third-order valence-corrected chi connectivity index (χ3v) is 4.28. The molecule has 0 atom stereocenters. The summed E-state index contributed by atoms with van der Waals surface area (Å²) in [6.45, 7) is 2.21. The Morgan fingerprint density at radius 2 is 2.00 bits per heavy atom. The predicted octanol–water partition coefficient (Wildman–Crippen LogP) is 3.49. The summed E-state index contributed by atoms with van der Waals surface area (Å²) in [5.41, 5.74) is 1.21. The van der Waals surface area contributed by atoms with Crippen molar-refractivity contribution in [1.82, 2.24) is 10.2 Å². The summed E-state index contributed by atoms with van der Waals surface area (Å²) >= 11 is 3.40. The van der Waals surface area contributed by atoms with Gasteiger partial charge in [0.25, 0.3) is 0 Å². The second kappa shape index (κ2) is 8.75. The van der Waals surface area contributed by atoms with E-state index in [0.717, 1.165) is 10.0 Å². The zero-order valence-electron chi connectivity index (χ0n) is 15.1. The molecule has 7 nitrogen and oxygen atoms in total. The fourth-order valence-corrected chi connectivity index (χ4v) is 2.84. The van der Waals surface area contributed by atoms with E-state index < -0.39 is 5.97 Å². The number of urea groups is 1. The van der Waals surface area contributed by atoms with Gasteiger partial charge in [-0.1, -0.05) is 15.9 Å². The van der Waals surface area contributed by atoms with Crippen LogP contribution in [-0.2, 0) is 17.8 Å². The fourth-order valence-electron chi connectivity index (χ4n) is 2.43. The Labute approximate surface area is 160 Å². The molecular weight excluding hydrogens is 404 g/mol. The van der Waals surface area contributed by atoms with Crippen LogP contribution in [0.1, 0.15) is 27.4 Å². The van der Waals surface area contributed by atoms with E-state index in [9.17, 15) is 9.59 Å². The van der Waals surface area contributed by atoms with E-state index in [-0.39, 0.29) is 12.6 Å². The van der Waals surface area contributed by atoms with Crippen LogP contribution >= 0.6 is 15.9 Å². The van der Waals surface area contributed by atoms with Crippen molar-refractivity contribution in [2.45, 2.75) is 20.0 Å². The summed E-state index contributed by atoms with van der Waals surface area (Å²) in [6, 6.07) is 6.89. The van der Waals surface area contributed by atoms with E-state index in [1.807, 2.05) is 18.2 Å². The minimum atomic E-state index is -0.466. The highest BCUT2D eigenvalue weighted by Crippen LogP contribution is 2.23. The maximum Gasteiger partial charge on any atom is 0.341 e. The van der Waals surface area contributed by atoms with Gasteiger partial charge in [0.05, 0.1) is 20.8 Å². The average Bonchev–Trinajstić information content (AvgIpc) is 2.99. The first kappa shape index (κ1) is 19.8. The fraction of sp³-hybridized carbons (Fsp3) is 0.333. The Morgan fingerprint density at radius 3 is 2.65 bits per heavy atom. The Morgan fingerprint density at radius 1 is 1.27 bits per heavy atom. The summed E-state index contributed by atoms with van der Waals surface area (Å²) in [7, 11) is 4.53. The normalized spacial score (nSPS) is 10.3. The molecule has 0 aliphatic heterocycles. The van der Waals surface area contributed by atoms with Crippen molar-refractivity contribution in [3.63, 3.8) is 0 Å². The molecule has 0 radical (unpaired) electrons. The van der Waals surface area contributed by atoms with Crippen molar-refractivity contribution < 1.29 is 23.5 Å². The highest BCUT2D eigenvalue weighted by Gasteiger charge is 2.18. The van der Waals surface area contributed by atoms with Crippen molar-refractivity contribution in [3.8, 4) is 5.75 Å². The van der Waals surface area contributed by atoms with Gasteiger partial charge in [0.15, 0.2) is 0 Å². The monoisotopic (exact) mass is 424 g/mol. The first-order valence-corrected chi connectivity index (χ1v) is 8.64. The molecule has 26 heavy (non-hydrogen) atoms. The number of carbonyl (C=O) groups excluding carboxylic acids is 2. The summed E-state index contributed by atoms with van der Waals surface area (Å²) < 4.78 is 16.4. The lowest BCUT2D eigenvalue weighted by Gasteiger charge is -2.17. The van der Waals surface area contributed by atoms with E-state index in [1.165, 1.54) is 12.0 Å². The van der Waals surface area contributed by atoms with Crippen LogP contribution in [0.2, 0.25) is 0 Å². The van der Waals surface area contributed by atoms with Crippen LogP contribution in [0.15, 0.2) is 33.2 Å². The first-order valence-electron chi connectivity index (χ1n) is 7.84. The lowest BCUT2D eigenvalue weighted by molar-refractivity contribution is 0.0598. The van der Waals surface area contributed by atoms with E-state index in [4.69, 9.17) is 13.9 Å². The van der Waals surface area contributed by atoms with Crippen LogP contribution in [0.3, 0.4) is 0 Å². The number of esters is 1. The number of hydrogen-bond donors (Lipinski definition) is 1. The number of amides is 2. The molecule has 0 unspecified atom stereocenters. The molecule has 0 saturated heterocycles. The molecule has 2 aromatic rings. The Balaban J connectivity index is 1.98. The van der Waals surface area contributed by atoms with Gasteiger partial charge in [-0.3, -0.25) is 0 Å². The van der Waals surface area contributed by atoms with E-state index in [2.05, 4.69) is 21.2 Å². The molecule has 0 fully saturated rings. The van der Waals surface area contributed by atoms with E-state index >= 15 is 0 Å². The quantitative estimate of drug-likeness (QED) is 0.717. The highest BCUT2D eigenvalue weighted by atomic mass is 79.9. The molecule has 8 heteroatoms. The van der Waals surface area contributed by atoms with E-state index in [0.29, 0.717) is 29.4 Å². The number of aryl methyl sites for hydroxylation is 1. The molecule has 1 N–H and O–H groups in total. The molecule has 0 aliphatic carbocycles. The standard InChI is InChI=1S/C18H21BrN2O5/c1-11-15(17(22)25-4)8-14(26-11)10-21(2)18(23)20-9-12-7-13(19)5-6-16(12)24-3/h5-8H,9-10H2,1-4H3,(H,20,23). The maximum absolute atomic E-state index is 12.3. The van der Waals surface area contributed by atoms with Crippen LogP contribution < -0.4 is 10.1 Å². The van der Waals surface area contributed by atoms with Gasteiger partial charge in [-0.05, 0) is 31.2 Å². The molecule has 0 aliphatic rings. The topological polar surface area (TPSA) is 81.0 Å². The summed E-state index contributed by atoms with van der Waals surface area (Å²) in [4.78, 5) is 25.4. The van der Waals surface area contributed by atoms with Gasteiger partial charge in [0.2, 0.25) is 0 Å². The lowest BCUT2D eigenvalue weighted by Crippen LogP contribution is -2.36. The first-order chi connectivity index (χ1) is 12.3. The van der Waals surface area contributed by atoms with Crippen LogP contribution in [0, 0.1) is 6.92 Å². The summed E-state index contributed by atoms with van der Waals surface area (Å²) in [5.74, 6) is 1.19. The predicted molar refractivity (Wildman–Crippen MR) is 99.2 cm³/mol. The van der Waals surface area contributed by atoms with Crippen molar-refractivity contribution >= 4 is 27.9 Å². The average molecular weight is 425 g/mol. The molecule has 0 spiro atoms. The number of halogens is 1. The number of methoxy groups -OCH3 is 2. The second-order valence-corrected chi connectivity index (χ2v) is 6.56. The molecule has 2 amide bonds. The number of furan rings is 1.